The van der Waals surface area contributed by atoms with Gasteiger partial charge < -0.3 is 14.4 Å². The smallest absolute Gasteiger partial charge is 0.352 e. The van der Waals surface area contributed by atoms with Crippen LogP contribution >= 0.6 is 11.8 Å². The van der Waals surface area contributed by atoms with Crippen molar-refractivity contribution in [3.05, 3.63) is 48.0 Å². The molecular weight excluding hydrogens is 386 g/mol. The predicted octanol–water partition coefficient (Wildman–Crippen LogP) is 5.65. The van der Waals surface area contributed by atoms with Crippen molar-refractivity contribution in [2.75, 3.05) is 18.1 Å². The Morgan fingerprint density at radius 2 is 1.79 bits per heavy atom. The Kier molecular flexibility index (Phi) is 7.20. The van der Waals surface area contributed by atoms with Crippen molar-refractivity contribution < 1.29 is 19.1 Å². The van der Waals surface area contributed by atoms with Crippen LogP contribution in [0.25, 0.3) is 0 Å². The SMILES string of the molecule is CCCCCN1c2ccccc2Sc2cc([C@H](OC(C)=O)C(=O)OCC)ccc21. The highest BCUT2D eigenvalue weighted by Gasteiger charge is 2.29. The zero-order valence-electron chi connectivity index (χ0n) is 17.1. The fourth-order valence-electron chi connectivity index (χ4n) is 3.41. The zero-order valence-corrected chi connectivity index (χ0v) is 18.0. The molecule has 1 atom stereocenters. The number of para-hydroxylation sites is 1. The van der Waals surface area contributed by atoms with Crippen LogP contribution in [0.3, 0.4) is 0 Å². The summed E-state index contributed by atoms with van der Waals surface area (Å²) in [6.45, 7) is 6.39. The molecule has 0 N–H and O–H groups in total. The number of ether oxygens (including phenoxy) is 2. The molecular formula is C23H27NO4S. The monoisotopic (exact) mass is 413 g/mol. The molecule has 0 saturated carbocycles. The molecule has 3 rings (SSSR count). The number of carbonyl (C=O) groups excluding carboxylic acids is 2. The van der Waals surface area contributed by atoms with Crippen molar-refractivity contribution in [1.29, 1.82) is 0 Å². The Morgan fingerprint density at radius 3 is 2.52 bits per heavy atom. The predicted molar refractivity (Wildman–Crippen MR) is 115 cm³/mol. The highest BCUT2D eigenvalue weighted by molar-refractivity contribution is 7.99. The molecule has 6 heteroatoms. The van der Waals surface area contributed by atoms with Gasteiger partial charge in [-0.3, -0.25) is 4.79 Å². The van der Waals surface area contributed by atoms with Crippen LogP contribution in [0.5, 0.6) is 0 Å². The molecule has 0 amide bonds. The summed E-state index contributed by atoms with van der Waals surface area (Å²) in [7, 11) is 0. The maximum absolute atomic E-state index is 12.4. The van der Waals surface area contributed by atoms with Gasteiger partial charge in [-0.1, -0.05) is 49.7 Å². The van der Waals surface area contributed by atoms with Crippen LogP contribution in [0.2, 0.25) is 0 Å². The number of hydrogen-bond donors (Lipinski definition) is 0. The lowest BCUT2D eigenvalue weighted by Crippen LogP contribution is -2.23. The van der Waals surface area contributed by atoms with Crippen LogP contribution in [0.4, 0.5) is 11.4 Å². The molecule has 0 aliphatic carbocycles. The lowest BCUT2D eigenvalue weighted by Gasteiger charge is -2.33. The molecule has 0 fully saturated rings. The van der Waals surface area contributed by atoms with Gasteiger partial charge >= 0.3 is 11.9 Å². The van der Waals surface area contributed by atoms with E-state index in [1.54, 1.807) is 18.7 Å². The van der Waals surface area contributed by atoms with Crippen molar-refractivity contribution in [2.45, 2.75) is 55.9 Å². The molecule has 29 heavy (non-hydrogen) atoms. The quantitative estimate of drug-likeness (QED) is 0.412. The van der Waals surface area contributed by atoms with Crippen molar-refractivity contribution in [1.82, 2.24) is 0 Å². The first-order chi connectivity index (χ1) is 14.0. The van der Waals surface area contributed by atoms with Crippen LogP contribution in [0, 0.1) is 0 Å². The fourth-order valence-corrected chi connectivity index (χ4v) is 4.55. The highest BCUT2D eigenvalue weighted by atomic mass is 32.2. The molecule has 0 saturated heterocycles. The molecule has 1 heterocycles. The van der Waals surface area contributed by atoms with Gasteiger partial charge in [-0.15, -0.1) is 0 Å². The van der Waals surface area contributed by atoms with E-state index in [-0.39, 0.29) is 6.61 Å². The van der Waals surface area contributed by atoms with Crippen molar-refractivity contribution >= 4 is 35.1 Å². The van der Waals surface area contributed by atoms with Crippen LogP contribution in [0.15, 0.2) is 52.3 Å². The second-order valence-electron chi connectivity index (χ2n) is 6.90. The molecule has 5 nitrogen and oxygen atoms in total. The van der Waals surface area contributed by atoms with Crippen LogP contribution in [-0.2, 0) is 19.1 Å². The molecule has 2 aromatic rings. The molecule has 2 aromatic carbocycles. The number of carbonyl (C=O) groups is 2. The third kappa shape index (κ3) is 4.93. The lowest BCUT2D eigenvalue weighted by atomic mass is 10.1. The first-order valence-electron chi connectivity index (χ1n) is 10.1. The van der Waals surface area contributed by atoms with E-state index in [1.165, 1.54) is 30.3 Å². The van der Waals surface area contributed by atoms with E-state index >= 15 is 0 Å². The average molecular weight is 414 g/mol. The molecule has 0 aromatic heterocycles. The number of anilines is 2. The summed E-state index contributed by atoms with van der Waals surface area (Å²) in [5.74, 6) is -1.07. The summed E-state index contributed by atoms with van der Waals surface area (Å²) in [5.41, 5.74) is 2.94. The van der Waals surface area contributed by atoms with Gasteiger partial charge in [0.2, 0.25) is 6.10 Å². The first-order valence-corrected chi connectivity index (χ1v) is 10.9. The summed E-state index contributed by atoms with van der Waals surface area (Å²) in [6, 6.07) is 14.1. The molecule has 0 spiro atoms. The number of hydrogen-bond acceptors (Lipinski definition) is 6. The number of unbranched alkanes of at least 4 members (excludes halogenated alkanes) is 2. The number of esters is 2. The number of nitrogens with zero attached hydrogens (tertiary/aromatic N) is 1. The summed E-state index contributed by atoms with van der Waals surface area (Å²) in [4.78, 5) is 28.5. The minimum atomic E-state index is -1.05. The van der Waals surface area contributed by atoms with Gasteiger partial charge in [0.1, 0.15) is 0 Å². The average Bonchev–Trinajstić information content (AvgIpc) is 2.71. The number of rotatable bonds is 8. The second kappa shape index (κ2) is 9.83. The fraction of sp³-hybridized carbons (Fsp3) is 0.391. The van der Waals surface area contributed by atoms with Crippen LogP contribution in [-0.4, -0.2) is 25.1 Å². The Morgan fingerprint density at radius 1 is 1.03 bits per heavy atom. The van der Waals surface area contributed by atoms with Gasteiger partial charge in [0.05, 0.1) is 18.0 Å². The van der Waals surface area contributed by atoms with E-state index in [0.717, 1.165) is 23.5 Å². The minimum absolute atomic E-state index is 0.231. The molecule has 1 aliphatic heterocycles. The van der Waals surface area contributed by atoms with E-state index in [1.807, 2.05) is 24.3 Å². The lowest BCUT2D eigenvalue weighted by molar-refractivity contribution is -0.167. The van der Waals surface area contributed by atoms with Gasteiger partial charge in [0, 0.05) is 28.8 Å². The van der Waals surface area contributed by atoms with E-state index < -0.39 is 18.0 Å². The standard InChI is InChI=1S/C23H27NO4S/c1-4-6-9-14-24-18-10-7-8-11-20(18)29-21-15-17(12-13-19(21)24)22(28-16(3)25)23(26)27-5-2/h7-8,10-13,15,22H,4-6,9,14H2,1-3H3/t22-/m0/s1. The third-order valence-corrected chi connectivity index (χ3v) is 5.84. The highest BCUT2D eigenvalue weighted by Crippen LogP contribution is 2.48. The molecule has 0 radical (unpaired) electrons. The normalized spacial score (nSPS) is 13.3. The topological polar surface area (TPSA) is 55.8 Å². The van der Waals surface area contributed by atoms with Gasteiger partial charge in [-0.05, 0) is 37.6 Å². The first kappa shape index (κ1) is 21.2. The molecule has 0 unspecified atom stereocenters. The Labute approximate surface area is 176 Å². The van der Waals surface area contributed by atoms with Crippen LogP contribution < -0.4 is 4.90 Å². The van der Waals surface area contributed by atoms with Gasteiger partial charge in [-0.2, -0.15) is 0 Å². The summed E-state index contributed by atoms with van der Waals surface area (Å²) in [6.07, 6.45) is 2.40. The second-order valence-corrected chi connectivity index (χ2v) is 7.98. The van der Waals surface area contributed by atoms with E-state index in [2.05, 4.69) is 30.0 Å². The van der Waals surface area contributed by atoms with Gasteiger partial charge in [0.25, 0.3) is 0 Å². The minimum Gasteiger partial charge on any atom is -0.463 e. The van der Waals surface area contributed by atoms with Gasteiger partial charge in [0.15, 0.2) is 0 Å². The van der Waals surface area contributed by atoms with E-state index in [4.69, 9.17) is 9.47 Å². The third-order valence-electron chi connectivity index (χ3n) is 4.72. The Hall–Kier alpha value is -2.47. The Balaban J connectivity index is 1.97. The zero-order chi connectivity index (χ0) is 20.8. The maximum Gasteiger partial charge on any atom is 0.352 e. The molecule has 0 bridgehead atoms. The Bertz CT molecular complexity index is 883. The van der Waals surface area contributed by atoms with E-state index in [0.29, 0.717) is 5.56 Å². The molecule has 154 valence electrons. The summed E-state index contributed by atoms with van der Waals surface area (Å²) < 4.78 is 10.4. The van der Waals surface area contributed by atoms with Crippen molar-refractivity contribution in [2.24, 2.45) is 0 Å². The summed E-state index contributed by atoms with van der Waals surface area (Å²) in [5, 5.41) is 0. The number of fused-ring (bicyclic) bond motifs is 2. The van der Waals surface area contributed by atoms with Crippen LogP contribution in [0.1, 0.15) is 51.7 Å². The summed E-state index contributed by atoms with van der Waals surface area (Å²) >= 11 is 1.67. The van der Waals surface area contributed by atoms with Crippen molar-refractivity contribution in [3.8, 4) is 0 Å². The number of benzene rings is 2. The van der Waals surface area contributed by atoms with Crippen molar-refractivity contribution in [3.63, 3.8) is 0 Å². The van der Waals surface area contributed by atoms with E-state index in [9.17, 15) is 9.59 Å². The molecule has 1 aliphatic rings. The largest absolute Gasteiger partial charge is 0.463 e. The van der Waals surface area contributed by atoms with Gasteiger partial charge in [-0.25, -0.2) is 4.79 Å². The maximum atomic E-state index is 12.4.